The lowest BCUT2D eigenvalue weighted by atomic mass is 10.1. The van der Waals surface area contributed by atoms with E-state index < -0.39 is 6.10 Å². The summed E-state index contributed by atoms with van der Waals surface area (Å²) < 4.78 is 16.8. The van der Waals surface area contributed by atoms with E-state index in [4.69, 9.17) is 14.2 Å². The van der Waals surface area contributed by atoms with E-state index in [0.29, 0.717) is 19.3 Å². The summed E-state index contributed by atoms with van der Waals surface area (Å²) >= 11 is 0. The van der Waals surface area contributed by atoms with Crippen LogP contribution in [-0.2, 0) is 28.6 Å². The Bertz CT molecular complexity index is 1360. The molecule has 0 radical (unpaired) electrons. The molecule has 0 aliphatic carbocycles. The van der Waals surface area contributed by atoms with Crippen molar-refractivity contribution >= 4 is 17.9 Å². The summed E-state index contributed by atoms with van der Waals surface area (Å²) in [6.45, 7) is 6.43. The molecule has 0 saturated carbocycles. The predicted molar refractivity (Wildman–Crippen MR) is 293 cm³/mol. The number of hydrogen-bond donors (Lipinski definition) is 0. The van der Waals surface area contributed by atoms with Gasteiger partial charge in [0.1, 0.15) is 13.2 Å². The van der Waals surface area contributed by atoms with Crippen molar-refractivity contribution in [2.45, 2.75) is 264 Å². The van der Waals surface area contributed by atoms with Crippen LogP contribution in [0, 0.1) is 0 Å². The lowest BCUT2D eigenvalue weighted by Gasteiger charge is -2.18. The fourth-order valence-electron chi connectivity index (χ4n) is 7.58. The summed E-state index contributed by atoms with van der Waals surface area (Å²) in [5, 5.41) is 0. The molecule has 0 aromatic heterocycles. The molecule has 1 unspecified atom stereocenters. The first-order valence-corrected chi connectivity index (χ1v) is 28.3. The largest absolute Gasteiger partial charge is 0.462 e. The highest BCUT2D eigenvalue weighted by atomic mass is 16.6. The van der Waals surface area contributed by atoms with Gasteiger partial charge in [-0.3, -0.25) is 14.4 Å². The van der Waals surface area contributed by atoms with Gasteiger partial charge in [-0.15, -0.1) is 0 Å². The van der Waals surface area contributed by atoms with Crippen LogP contribution in [-0.4, -0.2) is 37.2 Å². The maximum atomic E-state index is 12.8. The van der Waals surface area contributed by atoms with E-state index >= 15 is 0 Å². The van der Waals surface area contributed by atoms with E-state index in [0.717, 1.165) is 83.5 Å². The Kier molecular flexibility index (Phi) is 52.9. The summed E-state index contributed by atoms with van der Waals surface area (Å²) in [5.74, 6) is -0.971. The van der Waals surface area contributed by atoms with E-state index in [2.05, 4.69) is 118 Å². The lowest BCUT2D eigenvalue weighted by molar-refractivity contribution is -0.167. The minimum absolute atomic E-state index is 0.104. The number of ether oxygens (including phenoxy) is 3. The Morgan fingerprint density at radius 1 is 0.324 bits per heavy atom. The molecule has 6 heteroatoms. The van der Waals surface area contributed by atoms with Gasteiger partial charge in [0.05, 0.1) is 0 Å². The number of carbonyl (C=O) groups excluding carboxylic acids is 3. The van der Waals surface area contributed by atoms with Gasteiger partial charge in [-0.05, 0) is 109 Å². The molecule has 6 nitrogen and oxygen atoms in total. The van der Waals surface area contributed by atoms with Crippen LogP contribution in [0.3, 0.4) is 0 Å². The Morgan fingerprint density at radius 2 is 0.632 bits per heavy atom. The highest BCUT2D eigenvalue weighted by Gasteiger charge is 2.19. The zero-order valence-corrected chi connectivity index (χ0v) is 44.3. The van der Waals surface area contributed by atoms with Crippen LogP contribution in [0.25, 0.3) is 0 Å². The standard InChI is InChI=1S/C62H104O6/c1-4-7-10-13-16-19-22-25-28-30-31-33-34-37-40-43-46-49-52-55-61(64)67-58-59(57-66-60(63)54-51-48-45-42-39-36-27-24-21-18-15-12-9-6-3)68-62(65)56-53-50-47-44-41-38-35-32-29-26-23-20-17-14-11-8-5-2/h9,12,16-22,25-26,29,35,38,44,47,59H,4-8,10-11,13-15,23-24,27-28,30-34,36-37,39-43,45-46,48-58H2,1-3H3/b12-9-,19-16-,20-17-,21-18-,25-22-,29-26-,38-35-,47-44-. The molecule has 0 rings (SSSR count). The van der Waals surface area contributed by atoms with E-state index in [-0.39, 0.29) is 37.5 Å². The number of esters is 3. The number of unbranched alkanes of at least 4 members (excludes halogenated alkanes) is 24. The van der Waals surface area contributed by atoms with Crippen LogP contribution in [0.4, 0.5) is 0 Å². The van der Waals surface area contributed by atoms with E-state index in [9.17, 15) is 14.4 Å². The number of allylic oxidation sites excluding steroid dienone is 16. The Balaban J connectivity index is 4.47. The molecular formula is C62H104O6. The molecule has 0 aromatic carbocycles. The molecule has 0 amide bonds. The second-order valence-electron chi connectivity index (χ2n) is 18.5. The third kappa shape index (κ3) is 53.3. The van der Waals surface area contributed by atoms with Gasteiger partial charge in [0.15, 0.2) is 6.10 Å². The molecule has 1 atom stereocenters. The zero-order valence-electron chi connectivity index (χ0n) is 44.3. The van der Waals surface area contributed by atoms with Crippen molar-refractivity contribution in [3.63, 3.8) is 0 Å². The SMILES string of the molecule is CC/C=C\C/C=C\CCCCCCCCCC(=O)OCC(COC(=O)CCCCCCCCCCCC/C=C\C=C/CCCCC)OC(=O)CCC/C=C\C/C=C\C/C=C\C/C=C\CCCCC. The zero-order chi connectivity index (χ0) is 49.3. The number of hydrogen-bond acceptors (Lipinski definition) is 6. The van der Waals surface area contributed by atoms with E-state index in [1.54, 1.807) is 0 Å². The molecule has 0 N–H and O–H groups in total. The van der Waals surface area contributed by atoms with Gasteiger partial charge < -0.3 is 14.2 Å². The summed E-state index contributed by atoms with van der Waals surface area (Å²) in [7, 11) is 0. The van der Waals surface area contributed by atoms with Gasteiger partial charge in [-0.25, -0.2) is 0 Å². The van der Waals surface area contributed by atoms with Gasteiger partial charge in [0.2, 0.25) is 0 Å². The molecule has 0 saturated heterocycles. The minimum Gasteiger partial charge on any atom is -0.462 e. The molecule has 0 bridgehead atoms. The van der Waals surface area contributed by atoms with Gasteiger partial charge >= 0.3 is 17.9 Å². The molecule has 0 aliphatic rings. The van der Waals surface area contributed by atoms with Crippen molar-refractivity contribution in [3.05, 3.63) is 97.2 Å². The minimum atomic E-state index is -0.812. The molecule has 0 spiro atoms. The summed E-state index contributed by atoms with van der Waals surface area (Å²) in [5.41, 5.74) is 0. The van der Waals surface area contributed by atoms with Crippen LogP contribution in [0.2, 0.25) is 0 Å². The van der Waals surface area contributed by atoms with Gasteiger partial charge in [-0.2, -0.15) is 0 Å². The van der Waals surface area contributed by atoms with Crippen LogP contribution >= 0.6 is 0 Å². The monoisotopic (exact) mass is 945 g/mol. The van der Waals surface area contributed by atoms with Gasteiger partial charge in [0.25, 0.3) is 0 Å². The topological polar surface area (TPSA) is 78.9 Å². The second-order valence-corrected chi connectivity index (χ2v) is 18.5. The quantitative estimate of drug-likeness (QED) is 0.0199. The van der Waals surface area contributed by atoms with Crippen LogP contribution < -0.4 is 0 Å². The normalized spacial score (nSPS) is 12.8. The maximum Gasteiger partial charge on any atom is 0.306 e. The average molecular weight is 946 g/mol. The van der Waals surface area contributed by atoms with Crippen molar-refractivity contribution in [3.8, 4) is 0 Å². The summed E-state index contributed by atoms with van der Waals surface area (Å²) in [6.07, 6.45) is 74.0. The van der Waals surface area contributed by atoms with Crippen molar-refractivity contribution < 1.29 is 28.6 Å². The Hall–Kier alpha value is -3.67. The summed E-state index contributed by atoms with van der Waals surface area (Å²) in [6, 6.07) is 0. The highest BCUT2D eigenvalue weighted by molar-refractivity contribution is 5.71. The van der Waals surface area contributed by atoms with Gasteiger partial charge in [0, 0.05) is 19.3 Å². The van der Waals surface area contributed by atoms with Crippen molar-refractivity contribution in [1.29, 1.82) is 0 Å². The van der Waals surface area contributed by atoms with Crippen molar-refractivity contribution in [2.75, 3.05) is 13.2 Å². The Labute approximate surface area is 419 Å². The van der Waals surface area contributed by atoms with Crippen molar-refractivity contribution in [1.82, 2.24) is 0 Å². The molecular weight excluding hydrogens is 841 g/mol. The molecule has 0 aliphatic heterocycles. The van der Waals surface area contributed by atoms with E-state index in [1.165, 1.54) is 128 Å². The predicted octanol–water partition coefficient (Wildman–Crippen LogP) is 18.9. The Morgan fingerprint density at radius 3 is 1.03 bits per heavy atom. The van der Waals surface area contributed by atoms with E-state index in [1.807, 2.05) is 0 Å². The summed E-state index contributed by atoms with van der Waals surface area (Å²) in [4.78, 5) is 38.1. The molecule has 68 heavy (non-hydrogen) atoms. The van der Waals surface area contributed by atoms with Crippen molar-refractivity contribution in [2.24, 2.45) is 0 Å². The fraction of sp³-hybridized carbons (Fsp3) is 0.694. The maximum absolute atomic E-state index is 12.8. The second kappa shape index (κ2) is 55.9. The van der Waals surface area contributed by atoms with Crippen LogP contribution in [0.5, 0.6) is 0 Å². The highest BCUT2D eigenvalue weighted by Crippen LogP contribution is 2.14. The number of rotatable bonds is 50. The lowest BCUT2D eigenvalue weighted by Crippen LogP contribution is -2.30. The first kappa shape index (κ1) is 64.3. The first-order valence-electron chi connectivity index (χ1n) is 28.3. The van der Waals surface area contributed by atoms with Crippen LogP contribution in [0.1, 0.15) is 258 Å². The third-order valence-corrected chi connectivity index (χ3v) is 11.8. The fourth-order valence-corrected chi connectivity index (χ4v) is 7.58. The van der Waals surface area contributed by atoms with Crippen LogP contribution in [0.15, 0.2) is 97.2 Å². The molecule has 0 fully saturated rings. The van der Waals surface area contributed by atoms with Gasteiger partial charge in [-0.1, -0.05) is 227 Å². The molecule has 0 aromatic rings. The average Bonchev–Trinajstić information content (AvgIpc) is 3.34. The third-order valence-electron chi connectivity index (χ3n) is 11.8. The molecule has 388 valence electrons. The molecule has 0 heterocycles. The smallest absolute Gasteiger partial charge is 0.306 e. The first-order chi connectivity index (χ1) is 33.5. The number of carbonyl (C=O) groups is 3.